The fraction of sp³-hybridized carbons (Fsp3) is 0.538. The molecule has 0 aromatic heterocycles. The van der Waals surface area contributed by atoms with Gasteiger partial charge in [0.1, 0.15) is 12.4 Å². The van der Waals surface area contributed by atoms with E-state index in [1.54, 1.807) is 0 Å². The second-order valence-corrected chi connectivity index (χ2v) is 5.58. The van der Waals surface area contributed by atoms with Crippen molar-refractivity contribution >= 4 is 31.9 Å². The van der Waals surface area contributed by atoms with E-state index in [0.29, 0.717) is 6.61 Å². The van der Waals surface area contributed by atoms with Gasteiger partial charge in [-0.1, -0.05) is 28.1 Å². The van der Waals surface area contributed by atoms with E-state index in [4.69, 9.17) is 9.47 Å². The van der Waals surface area contributed by atoms with Gasteiger partial charge in [-0.3, -0.25) is 0 Å². The van der Waals surface area contributed by atoms with Crippen molar-refractivity contribution in [3.8, 4) is 5.75 Å². The molecule has 0 spiro atoms. The zero-order valence-corrected chi connectivity index (χ0v) is 12.8. The van der Waals surface area contributed by atoms with Crippen LogP contribution in [0.25, 0.3) is 0 Å². The summed E-state index contributed by atoms with van der Waals surface area (Å²) in [5.41, 5.74) is 1.16. The molecule has 2 nitrogen and oxygen atoms in total. The maximum Gasteiger partial charge on any atom is 0.137 e. The van der Waals surface area contributed by atoms with Crippen LogP contribution in [0.1, 0.15) is 24.8 Å². The molecular weight excluding hydrogens is 348 g/mol. The molecule has 0 N–H and O–H groups in total. The number of alkyl halides is 1. The van der Waals surface area contributed by atoms with Gasteiger partial charge in [0.2, 0.25) is 0 Å². The molecule has 1 aromatic carbocycles. The summed E-state index contributed by atoms with van der Waals surface area (Å²) in [4.78, 5) is 0. The van der Waals surface area contributed by atoms with Crippen molar-refractivity contribution in [1.29, 1.82) is 0 Å². The standard InChI is InChI=1S/C13H16Br2O2/c14-8-10-4-3-6-12(15)13(10)17-9-11-5-1-2-7-16-11/h3-4,6,11H,1-2,5,7-9H2. The third-order valence-corrected chi connectivity index (χ3v) is 4.11. The van der Waals surface area contributed by atoms with Crippen molar-refractivity contribution in [3.63, 3.8) is 0 Å². The van der Waals surface area contributed by atoms with Crippen LogP contribution < -0.4 is 4.74 Å². The summed E-state index contributed by atoms with van der Waals surface area (Å²) < 4.78 is 12.6. The Morgan fingerprint density at radius 1 is 1.35 bits per heavy atom. The Balaban J connectivity index is 1.97. The Labute approximate surface area is 119 Å². The first-order valence-electron chi connectivity index (χ1n) is 5.89. The van der Waals surface area contributed by atoms with E-state index in [1.807, 2.05) is 12.1 Å². The monoisotopic (exact) mass is 362 g/mol. The van der Waals surface area contributed by atoms with Crippen LogP contribution in [0, 0.1) is 0 Å². The van der Waals surface area contributed by atoms with E-state index < -0.39 is 0 Å². The molecule has 1 unspecified atom stereocenters. The molecule has 0 bridgehead atoms. The lowest BCUT2D eigenvalue weighted by molar-refractivity contribution is -0.0113. The average Bonchev–Trinajstić information content (AvgIpc) is 2.38. The molecule has 1 atom stereocenters. The second-order valence-electron chi connectivity index (χ2n) is 4.16. The number of rotatable bonds is 4. The van der Waals surface area contributed by atoms with Gasteiger partial charge in [0.25, 0.3) is 0 Å². The fourth-order valence-electron chi connectivity index (χ4n) is 1.94. The van der Waals surface area contributed by atoms with Gasteiger partial charge >= 0.3 is 0 Å². The zero-order valence-electron chi connectivity index (χ0n) is 9.62. The lowest BCUT2D eigenvalue weighted by Gasteiger charge is -2.23. The molecule has 0 saturated carbocycles. The summed E-state index contributed by atoms with van der Waals surface area (Å²) in [7, 11) is 0. The third-order valence-electron chi connectivity index (χ3n) is 2.88. The first-order valence-corrected chi connectivity index (χ1v) is 7.80. The van der Waals surface area contributed by atoms with Crippen LogP contribution in [0.5, 0.6) is 5.75 Å². The molecule has 17 heavy (non-hydrogen) atoms. The molecule has 4 heteroatoms. The Bertz CT molecular complexity index is 362. The SMILES string of the molecule is BrCc1cccc(Br)c1OCC1CCCCO1. The molecule has 1 aromatic rings. The number of para-hydroxylation sites is 1. The summed E-state index contributed by atoms with van der Waals surface area (Å²) in [5, 5.41) is 0.799. The van der Waals surface area contributed by atoms with Gasteiger partial charge in [0, 0.05) is 17.5 Å². The molecule has 94 valence electrons. The van der Waals surface area contributed by atoms with Gasteiger partial charge in [0.15, 0.2) is 0 Å². The molecular formula is C13H16Br2O2. The van der Waals surface area contributed by atoms with E-state index >= 15 is 0 Å². The Morgan fingerprint density at radius 2 is 2.24 bits per heavy atom. The van der Waals surface area contributed by atoms with Gasteiger partial charge in [-0.15, -0.1) is 0 Å². The van der Waals surface area contributed by atoms with Crippen molar-refractivity contribution < 1.29 is 9.47 Å². The van der Waals surface area contributed by atoms with Crippen LogP contribution in [-0.2, 0) is 10.1 Å². The molecule has 0 amide bonds. The first-order chi connectivity index (χ1) is 8.31. The predicted octanol–water partition coefficient (Wildman–Crippen LogP) is 4.29. The molecule has 0 aliphatic carbocycles. The quantitative estimate of drug-likeness (QED) is 0.743. The van der Waals surface area contributed by atoms with E-state index in [2.05, 4.69) is 37.9 Å². The van der Waals surface area contributed by atoms with Gasteiger partial charge < -0.3 is 9.47 Å². The number of hydrogen-bond acceptors (Lipinski definition) is 2. The highest BCUT2D eigenvalue weighted by Gasteiger charge is 2.16. The van der Waals surface area contributed by atoms with Crippen molar-refractivity contribution in [3.05, 3.63) is 28.2 Å². The molecule has 1 saturated heterocycles. The van der Waals surface area contributed by atoms with E-state index in [9.17, 15) is 0 Å². The molecule has 1 aliphatic rings. The van der Waals surface area contributed by atoms with Crippen LogP contribution in [0.15, 0.2) is 22.7 Å². The van der Waals surface area contributed by atoms with Crippen molar-refractivity contribution in [1.82, 2.24) is 0 Å². The van der Waals surface area contributed by atoms with Gasteiger partial charge in [-0.05, 0) is 41.3 Å². The van der Waals surface area contributed by atoms with Crippen molar-refractivity contribution in [2.75, 3.05) is 13.2 Å². The lowest BCUT2D eigenvalue weighted by atomic mass is 10.1. The Hall–Kier alpha value is -0.0600. The molecule has 1 heterocycles. The topological polar surface area (TPSA) is 18.5 Å². The predicted molar refractivity (Wildman–Crippen MR) is 75.9 cm³/mol. The van der Waals surface area contributed by atoms with Crippen LogP contribution in [0.3, 0.4) is 0 Å². The van der Waals surface area contributed by atoms with E-state index in [0.717, 1.165) is 34.1 Å². The van der Waals surface area contributed by atoms with Crippen LogP contribution in [-0.4, -0.2) is 19.3 Å². The fourth-order valence-corrected chi connectivity index (χ4v) is 2.90. The minimum atomic E-state index is 0.249. The van der Waals surface area contributed by atoms with Gasteiger partial charge in [-0.25, -0.2) is 0 Å². The third kappa shape index (κ3) is 3.70. The summed E-state index contributed by atoms with van der Waals surface area (Å²) in [6, 6.07) is 6.09. The maximum atomic E-state index is 5.90. The Morgan fingerprint density at radius 3 is 2.94 bits per heavy atom. The van der Waals surface area contributed by atoms with Gasteiger partial charge in [0.05, 0.1) is 10.6 Å². The van der Waals surface area contributed by atoms with Crippen molar-refractivity contribution in [2.45, 2.75) is 30.7 Å². The number of benzene rings is 1. The van der Waals surface area contributed by atoms with Crippen LogP contribution in [0.2, 0.25) is 0 Å². The van der Waals surface area contributed by atoms with E-state index in [-0.39, 0.29) is 6.10 Å². The molecule has 0 radical (unpaired) electrons. The summed E-state index contributed by atoms with van der Waals surface area (Å²) in [6.45, 7) is 1.51. The minimum Gasteiger partial charge on any atom is -0.489 e. The highest BCUT2D eigenvalue weighted by molar-refractivity contribution is 9.10. The smallest absolute Gasteiger partial charge is 0.137 e. The largest absolute Gasteiger partial charge is 0.489 e. The summed E-state index contributed by atoms with van der Waals surface area (Å²) in [6.07, 6.45) is 3.78. The zero-order chi connectivity index (χ0) is 12.1. The van der Waals surface area contributed by atoms with E-state index in [1.165, 1.54) is 12.8 Å². The number of hydrogen-bond donors (Lipinski definition) is 0. The summed E-state index contributed by atoms with van der Waals surface area (Å²) in [5.74, 6) is 0.929. The van der Waals surface area contributed by atoms with Gasteiger partial charge in [-0.2, -0.15) is 0 Å². The number of ether oxygens (including phenoxy) is 2. The van der Waals surface area contributed by atoms with Crippen molar-refractivity contribution in [2.24, 2.45) is 0 Å². The lowest BCUT2D eigenvalue weighted by Crippen LogP contribution is -2.26. The molecule has 1 aliphatic heterocycles. The Kier molecular flexibility index (Phi) is 5.32. The maximum absolute atomic E-state index is 5.90. The average molecular weight is 364 g/mol. The summed E-state index contributed by atoms with van der Waals surface area (Å²) >= 11 is 7.00. The van der Waals surface area contributed by atoms with Crippen LogP contribution >= 0.6 is 31.9 Å². The highest BCUT2D eigenvalue weighted by Crippen LogP contribution is 2.31. The molecule has 2 rings (SSSR count). The normalized spacial score (nSPS) is 20.2. The minimum absolute atomic E-state index is 0.249. The molecule has 1 fully saturated rings. The highest BCUT2D eigenvalue weighted by atomic mass is 79.9. The second kappa shape index (κ2) is 6.76. The first kappa shape index (κ1) is 13.4. The van der Waals surface area contributed by atoms with Crippen LogP contribution in [0.4, 0.5) is 0 Å². The number of halogens is 2.